The summed E-state index contributed by atoms with van der Waals surface area (Å²) in [6, 6.07) is 4.75. The van der Waals surface area contributed by atoms with Gasteiger partial charge in [-0.1, -0.05) is 6.07 Å². The highest BCUT2D eigenvalue weighted by Crippen LogP contribution is 2.30. The highest BCUT2D eigenvalue weighted by Gasteiger charge is 2.25. The van der Waals surface area contributed by atoms with E-state index in [9.17, 15) is 10.2 Å². The van der Waals surface area contributed by atoms with Crippen LogP contribution in [0.25, 0.3) is 0 Å². The topological polar surface area (TPSA) is 53.0 Å². The Hall–Kier alpha value is -1.22. The van der Waals surface area contributed by atoms with Gasteiger partial charge in [0.25, 0.3) is 0 Å². The van der Waals surface area contributed by atoms with Gasteiger partial charge in [0, 0.05) is 12.0 Å². The summed E-state index contributed by atoms with van der Waals surface area (Å²) in [6.45, 7) is 0.730. The molecule has 1 atom stereocenters. The fourth-order valence-corrected chi connectivity index (χ4v) is 1.19. The summed E-state index contributed by atoms with van der Waals surface area (Å²) in [4.78, 5) is 0. The maximum absolute atomic E-state index is 9.35. The molecule has 0 saturated carbocycles. The van der Waals surface area contributed by atoms with Crippen molar-refractivity contribution in [3.05, 3.63) is 23.8 Å². The van der Waals surface area contributed by atoms with Gasteiger partial charge >= 0.3 is 0 Å². The van der Waals surface area contributed by atoms with Gasteiger partial charge in [-0.05, 0) is 12.1 Å². The smallest absolute Gasteiger partial charge is 0.122 e. The first kappa shape index (κ1) is 7.43. The summed E-state index contributed by atoms with van der Waals surface area (Å²) in [5, 5.41) is 18.7. The highest BCUT2D eigenvalue weighted by molar-refractivity contribution is 5.43. The molecule has 1 aliphatic heterocycles. The Morgan fingerprint density at radius 2 is 1.92 bits per heavy atom. The summed E-state index contributed by atoms with van der Waals surface area (Å²) < 4.78 is 5.00. The van der Waals surface area contributed by atoms with Gasteiger partial charge < -0.3 is 14.9 Å². The maximum Gasteiger partial charge on any atom is 0.122 e. The molecule has 12 heavy (non-hydrogen) atoms. The third-order valence-electron chi connectivity index (χ3n) is 1.96. The Morgan fingerprint density at radius 1 is 1.33 bits per heavy atom. The molecule has 1 saturated heterocycles. The van der Waals surface area contributed by atoms with Crippen molar-refractivity contribution in [1.82, 2.24) is 0 Å². The molecule has 2 N–H and O–H groups in total. The minimum atomic E-state index is 0.144. The molecule has 1 unspecified atom stereocenters. The van der Waals surface area contributed by atoms with Gasteiger partial charge in [0.15, 0.2) is 0 Å². The first-order valence-electron chi connectivity index (χ1n) is 3.89. The summed E-state index contributed by atoms with van der Waals surface area (Å²) >= 11 is 0. The quantitative estimate of drug-likeness (QED) is 0.645. The monoisotopic (exact) mass is 166 g/mol. The number of hydrogen-bond acceptors (Lipinski definition) is 3. The van der Waals surface area contributed by atoms with Gasteiger partial charge in [0.1, 0.15) is 11.5 Å². The molecular weight excluding hydrogens is 156 g/mol. The van der Waals surface area contributed by atoms with Crippen LogP contribution in [0.5, 0.6) is 11.5 Å². The Balaban J connectivity index is 2.26. The second-order valence-corrected chi connectivity index (χ2v) is 2.93. The number of hydrogen-bond donors (Lipinski definition) is 2. The van der Waals surface area contributed by atoms with Crippen molar-refractivity contribution in [3.63, 3.8) is 0 Å². The molecule has 0 bridgehead atoms. The van der Waals surface area contributed by atoms with Crippen LogP contribution in [0, 0.1) is 0 Å². The van der Waals surface area contributed by atoms with Gasteiger partial charge in [-0.25, -0.2) is 0 Å². The molecule has 1 aliphatic rings. The standard InChI is InChI=1S/C9H10O3/c10-8-2-1-3-9(11)7(8)4-6-5-12-6/h1-3,6,10-11H,4-5H2. The minimum Gasteiger partial charge on any atom is -0.508 e. The molecule has 1 aromatic carbocycles. The van der Waals surface area contributed by atoms with Crippen molar-refractivity contribution in [3.8, 4) is 11.5 Å². The van der Waals surface area contributed by atoms with Gasteiger partial charge in [0.05, 0.1) is 12.7 Å². The highest BCUT2D eigenvalue weighted by atomic mass is 16.6. The van der Waals surface area contributed by atoms with Crippen LogP contribution >= 0.6 is 0 Å². The van der Waals surface area contributed by atoms with Gasteiger partial charge in [-0.2, -0.15) is 0 Å². The number of rotatable bonds is 2. The van der Waals surface area contributed by atoms with Crippen LogP contribution in [0.4, 0.5) is 0 Å². The van der Waals surface area contributed by atoms with Crippen LogP contribution in [0.2, 0.25) is 0 Å². The minimum absolute atomic E-state index is 0.144. The molecule has 0 aliphatic carbocycles. The van der Waals surface area contributed by atoms with Crippen LogP contribution in [-0.2, 0) is 11.2 Å². The van der Waals surface area contributed by atoms with E-state index in [0.717, 1.165) is 6.61 Å². The lowest BCUT2D eigenvalue weighted by atomic mass is 10.1. The SMILES string of the molecule is Oc1cccc(O)c1CC1CO1. The summed E-state index contributed by atoms with van der Waals surface area (Å²) in [5.74, 6) is 0.288. The van der Waals surface area contributed by atoms with E-state index in [-0.39, 0.29) is 17.6 Å². The number of benzene rings is 1. The number of epoxide rings is 1. The number of ether oxygens (including phenoxy) is 1. The molecule has 3 nitrogen and oxygen atoms in total. The fraction of sp³-hybridized carbons (Fsp3) is 0.333. The van der Waals surface area contributed by atoms with E-state index in [1.165, 1.54) is 0 Å². The van der Waals surface area contributed by atoms with Crippen molar-refractivity contribution in [2.75, 3.05) is 6.61 Å². The summed E-state index contributed by atoms with van der Waals surface area (Å²) in [6.07, 6.45) is 0.780. The molecule has 0 amide bonds. The summed E-state index contributed by atoms with van der Waals surface area (Å²) in [5.41, 5.74) is 0.583. The Kier molecular flexibility index (Phi) is 1.66. The van der Waals surface area contributed by atoms with E-state index in [1.807, 2.05) is 0 Å². The molecule has 0 aromatic heterocycles. The van der Waals surface area contributed by atoms with Crippen molar-refractivity contribution < 1.29 is 14.9 Å². The van der Waals surface area contributed by atoms with Gasteiger partial charge in [-0.3, -0.25) is 0 Å². The van der Waals surface area contributed by atoms with Crippen LogP contribution in [-0.4, -0.2) is 22.9 Å². The predicted octanol–water partition coefficient (Wildman–Crippen LogP) is 1.04. The van der Waals surface area contributed by atoms with Crippen LogP contribution in [0.1, 0.15) is 5.56 Å². The Bertz CT molecular complexity index is 272. The molecule has 64 valence electrons. The Morgan fingerprint density at radius 3 is 2.42 bits per heavy atom. The lowest BCUT2D eigenvalue weighted by Gasteiger charge is -2.03. The third-order valence-corrected chi connectivity index (χ3v) is 1.96. The van der Waals surface area contributed by atoms with Gasteiger partial charge in [0.2, 0.25) is 0 Å². The van der Waals surface area contributed by atoms with Crippen molar-refractivity contribution in [2.45, 2.75) is 12.5 Å². The summed E-state index contributed by atoms with van der Waals surface area (Å²) in [7, 11) is 0. The normalized spacial score (nSPS) is 20.8. The van der Waals surface area contributed by atoms with E-state index in [2.05, 4.69) is 0 Å². The zero-order chi connectivity index (χ0) is 8.55. The lowest BCUT2D eigenvalue weighted by Crippen LogP contribution is -1.93. The average molecular weight is 166 g/mol. The molecule has 3 heteroatoms. The largest absolute Gasteiger partial charge is 0.508 e. The molecule has 0 spiro atoms. The van der Waals surface area contributed by atoms with E-state index in [0.29, 0.717) is 12.0 Å². The van der Waals surface area contributed by atoms with Gasteiger partial charge in [-0.15, -0.1) is 0 Å². The fourth-order valence-electron chi connectivity index (χ4n) is 1.19. The van der Waals surface area contributed by atoms with Crippen LogP contribution in [0.3, 0.4) is 0 Å². The predicted molar refractivity (Wildman–Crippen MR) is 43.2 cm³/mol. The zero-order valence-electron chi connectivity index (χ0n) is 6.53. The number of aromatic hydroxyl groups is 2. The van der Waals surface area contributed by atoms with Crippen LogP contribution < -0.4 is 0 Å². The molecular formula is C9H10O3. The molecule has 1 heterocycles. The second kappa shape index (κ2) is 2.68. The molecule has 1 aromatic rings. The molecule has 0 radical (unpaired) electrons. The zero-order valence-corrected chi connectivity index (χ0v) is 6.53. The molecule has 2 rings (SSSR count). The third kappa shape index (κ3) is 1.36. The van der Waals surface area contributed by atoms with Crippen molar-refractivity contribution >= 4 is 0 Å². The lowest BCUT2D eigenvalue weighted by molar-refractivity contribution is 0.392. The van der Waals surface area contributed by atoms with Crippen molar-refractivity contribution in [2.24, 2.45) is 0 Å². The first-order chi connectivity index (χ1) is 5.77. The van der Waals surface area contributed by atoms with E-state index in [1.54, 1.807) is 18.2 Å². The number of phenolic OH excluding ortho intramolecular Hbond substituents is 2. The maximum atomic E-state index is 9.35. The van der Waals surface area contributed by atoms with E-state index in [4.69, 9.17) is 4.74 Å². The molecule has 1 fully saturated rings. The van der Waals surface area contributed by atoms with Crippen molar-refractivity contribution in [1.29, 1.82) is 0 Å². The average Bonchev–Trinajstić information content (AvgIpc) is 2.80. The first-order valence-corrected chi connectivity index (χ1v) is 3.89. The van der Waals surface area contributed by atoms with Crippen LogP contribution in [0.15, 0.2) is 18.2 Å². The van der Waals surface area contributed by atoms with E-state index >= 15 is 0 Å². The second-order valence-electron chi connectivity index (χ2n) is 2.93. The number of phenols is 2. The Labute approximate surface area is 70.2 Å². The van der Waals surface area contributed by atoms with E-state index < -0.39 is 0 Å².